The van der Waals surface area contributed by atoms with Gasteiger partial charge in [-0.1, -0.05) is 32.6 Å². The molecule has 0 spiro atoms. The number of aliphatic imine (C=N–C) groups is 2. The first-order valence-electron chi connectivity index (χ1n) is 8.02. The highest BCUT2D eigenvalue weighted by Gasteiger charge is 2.48. The van der Waals surface area contributed by atoms with E-state index in [9.17, 15) is 18.0 Å². The van der Waals surface area contributed by atoms with Crippen LogP contribution in [0.3, 0.4) is 0 Å². The Balaban J connectivity index is 0.00000176. The molecular formula is C18H21F3N4O2. The predicted octanol–water partition coefficient (Wildman–Crippen LogP) is 3.17. The number of nitrogens with two attached hydrogens (primary N) is 2. The number of fused-ring (bicyclic) bond motifs is 1. The molecule has 0 bridgehead atoms. The van der Waals surface area contributed by atoms with Crippen LogP contribution < -0.4 is 16.2 Å². The van der Waals surface area contributed by atoms with E-state index in [1.54, 1.807) is 13.0 Å². The Kier molecular flexibility index (Phi) is 7.33. The Labute approximate surface area is 155 Å². The first kappa shape index (κ1) is 21.9. The van der Waals surface area contributed by atoms with Crippen molar-refractivity contribution in [3.05, 3.63) is 47.7 Å². The SMILES string of the molecule is C=CN=C(C)c1cccc2c1C=C(C(=O)N=C(N)N)C(C(F)(F)F)O2.CC. The highest BCUT2D eigenvalue weighted by molar-refractivity contribution is 6.08. The number of rotatable bonds is 3. The second-order valence-electron chi connectivity index (χ2n) is 5.10. The van der Waals surface area contributed by atoms with E-state index < -0.39 is 29.7 Å². The number of hydrogen-bond donors (Lipinski definition) is 2. The Bertz CT molecular complexity index is 807. The van der Waals surface area contributed by atoms with Gasteiger partial charge in [0, 0.05) is 23.0 Å². The van der Waals surface area contributed by atoms with E-state index in [2.05, 4.69) is 16.6 Å². The van der Waals surface area contributed by atoms with Gasteiger partial charge in [-0.2, -0.15) is 18.2 Å². The summed E-state index contributed by atoms with van der Waals surface area (Å²) in [6.45, 7) is 9.13. The van der Waals surface area contributed by atoms with Crippen LogP contribution in [0.15, 0.2) is 46.5 Å². The van der Waals surface area contributed by atoms with E-state index >= 15 is 0 Å². The third-order valence-electron chi connectivity index (χ3n) is 3.34. The second-order valence-corrected chi connectivity index (χ2v) is 5.10. The number of ether oxygens (including phenoxy) is 1. The third kappa shape index (κ3) is 5.19. The van der Waals surface area contributed by atoms with E-state index in [-0.39, 0.29) is 11.3 Å². The lowest BCUT2D eigenvalue weighted by atomic mass is 9.95. The van der Waals surface area contributed by atoms with Gasteiger partial charge in [0.05, 0.1) is 5.57 Å². The molecule has 0 fully saturated rings. The van der Waals surface area contributed by atoms with Gasteiger partial charge in [0.2, 0.25) is 6.10 Å². The lowest BCUT2D eigenvalue weighted by Gasteiger charge is -2.28. The largest absolute Gasteiger partial charge is 0.475 e. The number of carbonyl (C=O) groups is 1. The maximum atomic E-state index is 13.3. The number of alkyl halides is 3. The molecule has 1 aromatic carbocycles. The molecule has 1 unspecified atom stereocenters. The summed E-state index contributed by atoms with van der Waals surface area (Å²) in [5.74, 6) is -1.89. The summed E-state index contributed by atoms with van der Waals surface area (Å²) in [7, 11) is 0. The van der Waals surface area contributed by atoms with Crippen LogP contribution in [0.1, 0.15) is 31.9 Å². The molecule has 27 heavy (non-hydrogen) atoms. The number of hydrogen-bond acceptors (Lipinski definition) is 3. The van der Waals surface area contributed by atoms with Gasteiger partial charge in [0.25, 0.3) is 5.91 Å². The molecule has 1 atom stereocenters. The zero-order valence-corrected chi connectivity index (χ0v) is 15.2. The third-order valence-corrected chi connectivity index (χ3v) is 3.34. The van der Waals surface area contributed by atoms with Gasteiger partial charge < -0.3 is 16.2 Å². The van der Waals surface area contributed by atoms with Crippen molar-refractivity contribution >= 4 is 23.7 Å². The summed E-state index contributed by atoms with van der Waals surface area (Å²) >= 11 is 0. The maximum Gasteiger partial charge on any atom is 0.429 e. The van der Waals surface area contributed by atoms with Crippen molar-refractivity contribution in [3.63, 3.8) is 0 Å². The zero-order valence-electron chi connectivity index (χ0n) is 15.2. The number of guanidine groups is 1. The average Bonchev–Trinajstić information content (AvgIpc) is 2.60. The molecule has 1 heterocycles. The molecule has 4 N–H and O–H groups in total. The minimum atomic E-state index is -4.82. The van der Waals surface area contributed by atoms with Gasteiger partial charge in [0.15, 0.2) is 5.96 Å². The normalized spacial score (nSPS) is 16.0. The minimum Gasteiger partial charge on any atom is -0.475 e. The van der Waals surface area contributed by atoms with E-state index in [0.29, 0.717) is 11.3 Å². The van der Waals surface area contributed by atoms with Crippen LogP contribution in [0.25, 0.3) is 6.08 Å². The van der Waals surface area contributed by atoms with Crippen molar-refractivity contribution in [2.24, 2.45) is 21.5 Å². The Morgan fingerprint density at radius 3 is 2.44 bits per heavy atom. The van der Waals surface area contributed by atoms with Crippen LogP contribution in [0, 0.1) is 0 Å². The summed E-state index contributed by atoms with van der Waals surface area (Å²) in [5, 5.41) is 0. The summed E-state index contributed by atoms with van der Waals surface area (Å²) in [4.78, 5) is 19.2. The lowest BCUT2D eigenvalue weighted by molar-refractivity contribution is -0.185. The average molecular weight is 382 g/mol. The smallest absolute Gasteiger partial charge is 0.429 e. The van der Waals surface area contributed by atoms with Crippen molar-refractivity contribution < 1.29 is 22.7 Å². The van der Waals surface area contributed by atoms with Gasteiger partial charge >= 0.3 is 6.18 Å². The monoisotopic (exact) mass is 382 g/mol. The molecule has 1 aromatic rings. The van der Waals surface area contributed by atoms with Crippen LogP contribution in [0.5, 0.6) is 5.75 Å². The molecule has 1 amide bonds. The first-order valence-corrected chi connectivity index (χ1v) is 8.02. The fourth-order valence-electron chi connectivity index (χ4n) is 2.34. The molecular weight excluding hydrogens is 361 g/mol. The standard InChI is InChI=1S/C16H15F3N4O2.C2H6/c1-3-22-8(2)9-5-4-6-12-10(9)7-11(14(24)23-15(20)21)13(25-12)16(17,18)19;1-2/h3-7,13H,1H2,2H3,(H4,20,21,23,24);1-2H3. The van der Waals surface area contributed by atoms with Gasteiger partial charge in [-0.3, -0.25) is 9.79 Å². The topological polar surface area (TPSA) is 103 Å². The molecule has 0 saturated heterocycles. The number of halogens is 3. The lowest BCUT2D eigenvalue weighted by Crippen LogP contribution is -2.40. The van der Waals surface area contributed by atoms with Crippen LogP contribution >= 0.6 is 0 Å². The first-order chi connectivity index (χ1) is 12.6. The molecule has 6 nitrogen and oxygen atoms in total. The fraction of sp³-hybridized carbons (Fsp3) is 0.278. The fourth-order valence-corrected chi connectivity index (χ4v) is 2.34. The van der Waals surface area contributed by atoms with Crippen molar-refractivity contribution in [1.82, 2.24) is 0 Å². The Morgan fingerprint density at radius 2 is 1.93 bits per heavy atom. The predicted molar refractivity (Wildman–Crippen MR) is 99.5 cm³/mol. The van der Waals surface area contributed by atoms with E-state index in [4.69, 9.17) is 16.2 Å². The Morgan fingerprint density at radius 1 is 1.30 bits per heavy atom. The van der Waals surface area contributed by atoms with E-state index in [0.717, 1.165) is 6.08 Å². The van der Waals surface area contributed by atoms with E-state index in [1.165, 1.54) is 18.3 Å². The second kappa shape index (κ2) is 9.02. The molecule has 0 radical (unpaired) electrons. The van der Waals surface area contributed by atoms with Gasteiger partial charge in [-0.15, -0.1) is 0 Å². The zero-order chi connectivity index (χ0) is 20.8. The van der Waals surface area contributed by atoms with Crippen molar-refractivity contribution in [2.45, 2.75) is 33.1 Å². The number of amides is 1. The highest BCUT2D eigenvalue weighted by Crippen LogP contribution is 2.39. The van der Waals surface area contributed by atoms with Crippen LogP contribution in [0.2, 0.25) is 0 Å². The molecule has 2 rings (SSSR count). The number of carbonyl (C=O) groups excluding carboxylic acids is 1. The van der Waals surface area contributed by atoms with Crippen molar-refractivity contribution in [1.29, 1.82) is 0 Å². The molecule has 146 valence electrons. The van der Waals surface area contributed by atoms with Crippen LogP contribution in [0.4, 0.5) is 13.2 Å². The molecule has 0 aromatic heterocycles. The van der Waals surface area contributed by atoms with Crippen LogP contribution in [-0.2, 0) is 4.79 Å². The highest BCUT2D eigenvalue weighted by atomic mass is 19.4. The van der Waals surface area contributed by atoms with Gasteiger partial charge in [-0.05, 0) is 19.1 Å². The van der Waals surface area contributed by atoms with Crippen molar-refractivity contribution in [3.8, 4) is 5.75 Å². The minimum absolute atomic E-state index is 0.0281. The summed E-state index contributed by atoms with van der Waals surface area (Å²) in [6, 6.07) is 4.54. The summed E-state index contributed by atoms with van der Waals surface area (Å²) < 4.78 is 44.9. The molecule has 9 heteroatoms. The summed E-state index contributed by atoms with van der Waals surface area (Å²) in [5.41, 5.74) is 10.7. The molecule has 0 saturated carbocycles. The number of benzene rings is 1. The van der Waals surface area contributed by atoms with Gasteiger partial charge in [-0.25, -0.2) is 0 Å². The van der Waals surface area contributed by atoms with Gasteiger partial charge in [0.1, 0.15) is 5.75 Å². The van der Waals surface area contributed by atoms with E-state index in [1.807, 2.05) is 13.8 Å². The molecule has 1 aliphatic rings. The van der Waals surface area contributed by atoms with Crippen LogP contribution in [-0.4, -0.2) is 29.9 Å². The Hall–Kier alpha value is -3.10. The van der Waals surface area contributed by atoms with Crippen molar-refractivity contribution in [2.75, 3.05) is 0 Å². The quantitative estimate of drug-likeness (QED) is 0.619. The maximum absolute atomic E-state index is 13.3. The summed E-state index contributed by atoms with van der Waals surface area (Å²) in [6.07, 6.45) is -4.92. The molecule has 0 aliphatic carbocycles. The molecule has 1 aliphatic heterocycles. The number of nitrogens with zero attached hydrogens (tertiary/aromatic N) is 2.